The summed E-state index contributed by atoms with van der Waals surface area (Å²) in [6.07, 6.45) is 3.29. The summed E-state index contributed by atoms with van der Waals surface area (Å²) >= 11 is 0. The first kappa shape index (κ1) is 14.3. The molecule has 1 heterocycles. The van der Waals surface area contributed by atoms with Crippen LogP contribution < -0.4 is 0 Å². The van der Waals surface area contributed by atoms with Gasteiger partial charge in [0.15, 0.2) is 0 Å². The largest absolute Gasteiger partial charge is 0.478 e. The maximum atomic E-state index is 11.8. The number of carbonyl (C=O) groups is 1. The van der Waals surface area contributed by atoms with Gasteiger partial charge in [0.1, 0.15) is 6.10 Å². The van der Waals surface area contributed by atoms with Crippen LogP contribution in [-0.2, 0) is 0 Å². The number of aliphatic hydroxyl groups excluding tert-OH is 1. The number of nitrogens with zero attached hydrogens (tertiary/aromatic N) is 1. The first-order chi connectivity index (χ1) is 11.0. The number of aromatic carboxylic acids is 1. The number of hydrogen-bond donors (Lipinski definition) is 2. The topological polar surface area (TPSA) is 62.5 Å². The van der Waals surface area contributed by atoms with E-state index < -0.39 is 12.1 Å². The van der Waals surface area contributed by atoms with Gasteiger partial charge in [-0.25, -0.2) is 4.79 Å². The van der Waals surface area contributed by atoms with Crippen molar-refractivity contribution in [2.75, 3.05) is 0 Å². The van der Waals surface area contributed by atoms with Gasteiger partial charge in [-0.05, 0) is 49.8 Å². The first-order valence-corrected chi connectivity index (χ1v) is 7.95. The molecule has 0 saturated heterocycles. The van der Waals surface area contributed by atoms with Crippen molar-refractivity contribution in [3.8, 4) is 0 Å². The fraction of sp³-hybridized carbons (Fsp3) is 0.316. The van der Waals surface area contributed by atoms with E-state index in [2.05, 4.69) is 0 Å². The van der Waals surface area contributed by atoms with Crippen molar-refractivity contribution in [3.63, 3.8) is 0 Å². The van der Waals surface area contributed by atoms with Crippen LogP contribution in [0.4, 0.5) is 0 Å². The monoisotopic (exact) mass is 309 g/mol. The zero-order valence-corrected chi connectivity index (χ0v) is 13.2. The average molecular weight is 309 g/mol. The van der Waals surface area contributed by atoms with Gasteiger partial charge in [-0.1, -0.05) is 24.3 Å². The van der Waals surface area contributed by atoms with Crippen LogP contribution in [0.25, 0.3) is 5.70 Å². The Hall–Kier alpha value is -2.33. The van der Waals surface area contributed by atoms with Crippen molar-refractivity contribution in [2.45, 2.75) is 38.7 Å². The van der Waals surface area contributed by atoms with Crippen LogP contribution in [0.15, 0.2) is 30.3 Å². The molecular weight excluding hydrogens is 290 g/mol. The van der Waals surface area contributed by atoms with Crippen molar-refractivity contribution >= 4 is 11.7 Å². The molecule has 0 amide bonds. The van der Waals surface area contributed by atoms with Crippen LogP contribution in [0, 0.1) is 13.8 Å². The number of aromatic nitrogens is 1. The minimum atomic E-state index is -0.862. The third-order valence-corrected chi connectivity index (χ3v) is 5.00. The summed E-state index contributed by atoms with van der Waals surface area (Å²) in [5.74, 6) is -0.498. The Labute approximate surface area is 134 Å². The van der Waals surface area contributed by atoms with Gasteiger partial charge < -0.3 is 14.8 Å². The van der Waals surface area contributed by atoms with Gasteiger partial charge in [-0.3, -0.25) is 0 Å². The zero-order valence-electron chi connectivity index (χ0n) is 13.2. The number of carboxylic acids is 1. The second-order valence-corrected chi connectivity index (χ2v) is 6.46. The van der Waals surface area contributed by atoms with E-state index in [1.54, 1.807) is 0 Å². The molecule has 0 radical (unpaired) electrons. The minimum absolute atomic E-state index is 0.364. The molecule has 1 atom stereocenters. The molecule has 1 aromatic heterocycles. The maximum absolute atomic E-state index is 11.8. The molecule has 4 heteroatoms. The Kier molecular flexibility index (Phi) is 3.00. The summed E-state index contributed by atoms with van der Waals surface area (Å²) in [6, 6.07) is 7.75. The van der Waals surface area contributed by atoms with Crippen LogP contribution in [-0.4, -0.2) is 20.7 Å². The Morgan fingerprint density at radius 3 is 2.52 bits per heavy atom. The third-order valence-electron chi connectivity index (χ3n) is 5.00. The molecule has 0 aliphatic heterocycles. The van der Waals surface area contributed by atoms with Gasteiger partial charge in [0.05, 0.1) is 11.3 Å². The third kappa shape index (κ3) is 1.98. The molecular formula is C19H19NO3. The molecule has 1 fully saturated rings. The second kappa shape index (κ2) is 4.83. The van der Waals surface area contributed by atoms with Crippen molar-refractivity contribution in [1.29, 1.82) is 0 Å². The van der Waals surface area contributed by atoms with Crippen LogP contribution in [0.1, 0.15) is 63.3 Å². The normalized spacial score (nSPS) is 19.6. The van der Waals surface area contributed by atoms with Crippen molar-refractivity contribution in [1.82, 2.24) is 4.57 Å². The smallest absolute Gasteiger partial charge is 0.337 e. The van der Waals surface area contributed by atoms with E-state index in [0.717, 1.165) is 46.6 Å². The van der Waals surface area contributed by atoms with Crippen molar-refractivity contribution < 1.29 is 15.0 Å². The van der Waals surface area contributed by atoms with Crippen LogP contribution in [0.3, 0.4) is 0 Å². The SMILES string of the molecule is Cc1c(C(=O)O)c(C2CC2)c(C)n1C1=CC(O)c2ccccc21. The summed E-state index contributed by atoms with van der Waals surface area (Å²) < 4.78 is 2.01. The van der Waals surface area contributed by atoms with E-state index in [4.69, 9.17) is 0 Å². The fourth-order valence-corrected chi connectivity index (χ4v) is 3.87. The quantitative estimate of drug-likeness (QED) is 0.910. The molecule has 118 valence electrons. The molecule has 0 bridgehead atoms. The van der Waals surface area contributed by atoms with Gasteiger partial charge in [-0.15, -0.1) is 0 Å². The minimum Gasteiger partial charge on any atom is -0.478 e. The lowest BCUT2D eigenvalue weighted by Crippen LogP contribution is -2.04. The number of aliphatic hydroxyl groups is 1. The molecule has 23 heavy (non-hydrogen) atoms. The molecule has 1 aromatic carbocycles. The molecule has 2 aliphatic carbocycles. The van der Waals surface area contributed by atoms with Gasteiger partial charge in [0.25, 0.3) is 0 Å². The maximum Gasteiger partial charge on any atom is 0.337 e. The molecule has 4 rings (SSSR count). The van der Waals surface area contributed by atoms with Crippen LogP contribution >= 0.6 is 0 Å². The highest BCUT2D eigenvalue weighted by molar-refractivity contribution is 5.93. The van der Waals surface area contributed by atoms with E-state index in [9.17, 15) is 15.0 Å². The van der Waals surface area contributed by atoms with Crippen molar-refractivity contribution in [2.24, 2.45) is 0 Å². The van der Waals surface area contributed by atoms with Gasteiger partial charge in [0, 0.05) is 17.0 Å². The number of carboxylic acid groups (broad SMARTS) is 1. The summed E-state index contributed by atoms with van der Waals surface area (Å²) in [4.78, 5) is 11.8. The highest BCUT2D eigenvalue weighted by Crippen LogP contribution is 2.47. The summed E-state index contributed by atoms with van der Waals surface area (Å²) in [5.41, 5.74) is 5.86. The van der Waals surface area contributed by atoms with E-state index >= 15 is 0 Å². The summed E-state index contributed by atoms with van der Waals surface area (Å²) in [6.45, 7) is 3.84. The van der Waals surface area contributed by atoms with Crippen molar-refractivity contribution in [3.05, 3.63) is 64.0 Å². The molecule has 0 spiro atoms. The summed E-state index contributed by atoms with van der Waals surface area (Å²) in [5, 5.41) is 20.0. The fourth-order valence-electron chi connectivity index (χ4n) is 3.87. The Balaban J connectivity index is 1.96. The second-order valence-electron chi connectivity index (χ2n) is 6.46. The van der Waals surface area contributed by atoms with E-state index in [1.165, 1.54) is 0 Å². The van der Waals surface area contributed by atoms with Gasteiger partial charge in [-0.2, -0.15) is 0 Å². The Bertz CT molecular complexity index is 856. The van der Waals surface area contributed by atoms with E-state index in [1.807, 2.05) is 48.8 Å². The van der Waals surface area contributed by atoms with Gasteiger partial charge in [0.2, 0.25) is 0 Å². The molecule has 2 aliphatic rings. The highest BCUT2D eigenvalue weighted by atomic mass is 16.4. The molecule has 1 unspecified atom stereocenters. The molecule has 4 nitrogen and oxygen atoms in total. The summed E-state index contributed by atoms with van der Waals surface area (Å²) in [7, 11) is 0. The van der Waals surface area contributed by atoms with Crippen LogP contribution in [0.5, 0.6) is 0 Å². The Morgan fingerprint density at radius 2 is 1.87 bits per heavy atom. The predicted octanol–water partition coefficient (Wildman–Crippen LogP) is 3.62. The zero-order chi connectivity index (χ0) is 16.3. The van der Waals surface area contributed by atoms with E-state index in [0.29, 0.717) is 11.5 Å². The van der Waals surface area contributed by atoms with Crippen LogP contribution in [0.2, 0.25) is 0 Å². The van der Waals surface area contributed by atoms with E-state index in [-0.39, 0.29) is 0 Å². The average Bonchev–Trinajstić information content (AvgIpc) is 3.25. The first-order valence-electron chi connectivity index (χ1n) is 7.95. The van der Waals surface area contributed by atoms with Gasteiger partial charge >= 0.3 is 5.97 Å². The number of rotatable bonds is 3. The lowest BCUT2D eigenvalue weighted by atomic mass is 10.0. The molecule has 1 saturated carbocycles. The highest BCUT2D eigenvalue weighted by Gasteiger charge is 2.35. The lowest BCUT2D eigenvalue weighted by molar-refractivity contribution is 0.0695. The predicted molar refractivity (Wildman–Crippen MR) is 87.6 cm³/mol. The molecule has 2 N–H and O–H groups in total. The number of fused-ring (bicyclic) bond motifs is 1. The standard InChI is InChI=1S/C19H19NO3/c1-10-17(12-7-8-12)18(19(22)23)11(2)20(10)15-9-16(21)14-6-4-3-5-13(14)15/h3-6,9,12,16,21H,7-8H2,1-2H3,(H,22,23). The lowest BCUT2D eigenvalue weighted by Gasteiger charge is -2.13. The Morgan fingerprint density at radius 1 is 1.17 bits per heavy atom. The number of benzene rings is 1. The molecule has 2 aromatic rings. The number of hydrogen-bond acceptors (Lipinski definition) is 2.